The van der Waals surface area contributed by atoms with Crippen molar-refractivity contribution in [3.8, 4) is 56.4 Å². The van der Waals surface area contributed by atoms with Gasteiger partial charge >= 0.3 is 0 Å². The molecule has 0 amide bonds. The average Bonchev–Trinajstić information content (AvgIpc) is 3.97. The number of benzene rings is 8. The van der Waals surface area contributed by atoms with Crippen molar-refractivity contribution in [1.82, 2.24) is 15.0 Å². The summed E-state index contributed by atoms with van der Waals surface area (Å²) in [7, 11) is 0. The maximum atomic E-state index is 6.51. The molecule has 266 valence electrons. The zero-order valence-corrected chi connectivity index (χ0v) is 30.3. The van der Waals surface area contributed by atoms with E-state index in [0.717, 1.165) is 105 Å². The van der Waals surface area contributed by atoms with Crippen LogP contribution in [0.2, 0.25) is 0 Å². The number of furan rings is 3. The van der Waals surface area contributed by atoms with Crippen LogP contribution in [0.5, 0.6) is 0 Å². The lowest BCUT2D eigenvalue weighted by Crippen LogP contribution is -2.00. The summed E-state index contributed by atoms with van der Waals surface area (Å²) in [5, 5.41) is 6.19. The van der Waals surface area contributed by atoms with Crippen molar-refractivity contribution >= 4 is 65.8 Å². The topological polar surface area (TPSA) is 78.1 Å². The van der Waals surface area contributed by atoms with E-state index in [1.165, 1.54) is 0 Å². The van der Waals surface area contributed by atoms with E-state index in [-0.39, 0.29) is 0 Å². The minimum absolute atomic E-state index is 0.555. The second-order valence-electron chi connectivity index (χ2n) is 14.3. The van der Waals surface area contributed by atoms with Crippen LogP contribution in [0.4, 0.5) is 0 Å². The molecule has 6 heteroatoms. The number of fused-ring (bicyclic) bond motifs is 9. The summed E-state index contributed by atoms with van der Waals surface area (Å²) in [6, 6.07) is 59.9. The number of para-hydroxylation sites is 1. The molecule has 0 aliphatic rings. The lowest BCUT2D eigenvalue weighted by atomic mass is 9.96. The molecular weight excluding hydrogens is 703 g/mol. The molecule has 6 nitrogen and oxygen atoms in total. The third kappa shape index (κ3) is 5.08. The van der Waals surface area contributed by atoms with E-state index in [9.17, 15) is 0 Å². The minimum Gasteiger partial charge on any atom is -0.456 e. The Labute approximate surface area is 325 Å². The normalized spacial score (nSPS) is 11.9. The summed E-state index contributed by atoms with van der Waals surface area (Å²) in [4.78, 5) is 15.3. The van der Waals surface area contributed by atoms with Gasteiger partial charge in [-0.1, -0.05) is 121 Å². The van der Waals surface area contributed by atoms with Gasteiger partial charge in [0.25, 0.3) is 0 Å². The number of aromatic nitrogens is 3. The molecule has 0 radical (unpaired) electrons. The summed E-state index contributed by atoms with van der Waals surface area (Å²) in [6.07, 6.45) is 0. The van der Waals surface area contributed by atoms with Crippen LogP contribution in [0, 0.1) is 0 Å². The highest BCUT2D eigenvalue weighted by Gasteiger charge is 2.20. The molecule has 8 aromatic carbocycles. The molecule has 12 aromatic rings. The molecule has 0 N–H and O–H groups in total. The summed E-state index contributed by atoms with van der Waals surface area (Å²) in [5.74, 6) is 1.69. The van der Waals surface area contributed by atoms with Crippen molar-refractivity contribution in [2.45, 2.75) is 0 Å². The van der Waals surface area contributed by atoms with Crippen LogP contribution in [0.3, 0.4) is 0 Å². The zero-order valence-electron chi connectivity index (χ0n) is 30.3. The number of hydrogen-bond acceptors (Lipinski definition) is 6. The Balaban J connectivity index is 1.04. The highest BCUT2D eigenvalue weighted by atomic mass is 16.3. The molecule has 0 atom stereocenters. The van der Waals surface area contributed by atoms with E-state index in [1.807, 2.05) is 78.9 Å². The van der Waals surface area contributed by atoms with Crippen LogP contribution in [0.25, 0.3) is 122 Å². The predicted molar refractivity (Wildman–Crippen MR) is 229 cm³/mol. The summed E-state index contributed by atoms with van der Waals surface area (Å²) >= 11 is 0. The first kappa shape index (κ1) is 31.5. The molecule has 0 fully saturated rings. The minimum atomic E-state index is 0.555. The molecule has 4 aromatic heterocycles. The van der Waals surface area contributed by atoms with E-state index in [1.54, 1.807) is 0 Å². The first-order valence-electron chi connectivity index (χ1n) is 18.9. The zero-order chi connectivity index (χ0) is 37.5. The van der Waals surface area contributed by atoms with Crippen LogP contribution in [-0.2, 0) is 0 Å². The fourth-order valence-corrected chi connectivity index (χ4v) is 8.26. The third-order valence-electron chi connectivity index (χ3n) is 11.0. The molecule has 4 heterocycles. The van der Waals surface area contributed by atoms with Crippen LogP contribution in [-0.4, -0.2) is 15.0 Å². The molecule has 0 saturated carbocycles. The van der Waals surface area contributed by atoms with Gasteiger partial charge in [-0.2, -0.15) is 0 Å². The molecule has 0 aliphatic heterocycles. The molecule has 0 unspecified atom stereocenters. The SMILES string of the molecule is c1ccc(-c2ccc3c(c2)oc2cccc(-c4ccc5oc6cccc(-c7nc(-c8ccccc8)nc(-c8ccc9c(c8)oc8ccccc89)n7)c6c5c4)c23)cc1. The predicted octanol–water partition coefficient (Wildman–Crippen LogP) is 13.9. The monoisotopic (exact) mass is 731 g/mol. The van der Waals surface area contributed by atoms with Gasteiger partial charge in [-0.25, -0.2) is 15.0 Å². The largest absolute Gasteiger partial charge is 0.456 e. The van der Waals surface area contributed by atoms with Gasteiger partial charge in [-0.15, -0.1) is 0 Å². The van der Waals surface area contributed by atoms with Crippen LogP contribution in [0.15, 0.2) is 189 Å². The van der Waals surface area contributed by atoms with Gasteiger partial charge in [0.2, 0.25) is 0 Å². The Morgan fingerprint density at radius 2 is 0.789 bits per heavy atom. The highest BCUT2D eigenvalue weighted by molar-refractivity contribution is 6.16. The maximum absolute atomic E-state index is 6.51. The van der Waals surface area contributed by atoms with Gasteiger partial charge < -0.3 is 13.3 Å². The fourth-order valence-electron chi connectivity index (χ4n) is 8.26. The molecular formula is C51H29N3O3. The van der Waals surface area contributed by atoms with Gasteiger partial charge in [-0.3, -0.25) is 0 Å². The Bertz CT molecular complexity index is 3530. The van der Waals surface area contributed by atoms with E-state index < -0.39 is 0 Å². The Morgan fingerprint density at radius 3 is 1.61 bits per heavy atom. The third-order valence-corrected chi connectivity index (χ3v) is 11.0. The number of nitrogens with zero attached hydrogens (tertiary/aromatic N) is 3. The second kappa shape index (κ2) is 12.3. The fraction of sp³-hybridized carbons (Fsp3) is 0. The Kier molecular flexibility index (Phi) is 6.83. The molecule has 0 spiro atoms. The van der Waals surface area contributed by atoms with Crippen molar-refractivity contribution in [2.24, 2.45) is 0 Å². The summed E-state index contributed by atoms with van der Waals surface area (Å²) in [6.45, 7) is 0. The number of rotatable bonds is 5. The van der Waals surface area contributed by atoms with Crippen molar-refractivity contribution in [3.05, 3.63) is 176 Å². The maximum Gasteiger partial charge on any atom is 0.164 e. The summed E-state index contributed by atoms with van der Waals surface area (Å²) < 4.78 is 19.3. The smallest absolute Gasteiger partial charge is 0.164 e. The Morgan fingerprint density at radius 1 is 0.263 bits per heavy atom. The number of hydrogen-bond donors (Lipinski definition) is 0. The van der Waals surface area contributed by atoms with Crippen LogP contribution >= 0.6 is 0 Å². The lowest BCUT2D eigenvalue weighted by molar-refractivity contribution is 0.668. The van der Waals surface area contributed by atoms with Gasteiger partial charge in [0.1, 0.15) is 33.5 Å². The standard InChI is InChI=1S/C51H29N3O3/c1-3-11-30(12-4-1)32-21-25-38-46(28-32)57-43-19-9-16-35(47(38)43)33-23-26-42-40(27-33)48-39(17-10-20-44(48)55-42)51-53-49(31-13-5-2-6-14-31)52-50(54-51)34-22-24-37-36-15-7-8-18-41(36)56-45(37)29-34/h1-29H. The van der Waals surface area contributed by atoms with Gasteiger partial charge in [-0.05, 0) is 76.9 Å². The summed E-state index contributed by atoms with van der Waals surface area (Å²) in [5.41, 5.74) is 11.9. The van der Waals surface area contributed by atoms with E-state index >= 15 is 0 Å². The van der Waals surface area contributed by atoms with Crippen molar-refractivity contribution in [2.75, 3.05) is 0 Å². The Hall–Kier alpha value is -7.83. The van der Waals surface area contributed by atoms with Crippen molar-refractivity contribution < 1.29 is 13.3 Å². The van der Waals surface area contributed by atoms with Gasteiger partial charge in [0, 0.05) is 49.0 Å². The van der Waals surface area contributed by atoms with Gasteiger partial charge in [0.15, 0.2) is 17.5 Å². The highest BCUT2D eigenvalue weighted by Crippen LogP contribution is 2.42. The van der Waals surface area contributed by atoms with Crippen molar-refractivity contribution in [3.63, 3.8) is 0 Å². The van der Waals surface area contributed by atoms with Crippen LogP contribution in [0.1, 0.15) is 0 Å². The van der Waals surface area contributed by atoms with E-state index in [4.69, 9.17) is 28.2 Å². The van der Waals surface area contributed by atoms with Crippen molar-refractivity contribution in [1.29, 1.82) is 0 Å². The van der Waals surface area contributed by atoms with E-state index in [0.29, 0.717) is 17.5 Å². The first-order chi connectivity index (χ1) is 28.2. The average molecular weight is 732 g/mol. The van der Waals surface area contributed by atoms with Crippen LogP contribution < -0.4 is 0 Å². The van der Waals surface area contributed by atoms with Gasteiger partial charge in [0.05, 0.1) is 0 Å². The molecule has 57 heavy (non-hydrogen) atoms. The quantitative estimate of drug-likeness (QED) is 0.175. The van der Waals surface area contributed by atoms with E-state index in [2.05, 4.69) is 97.1 Å². The molecule has 0 saturated heterocycles. The molecule has 0 bridgehead atoms. The molecule has 0 aliphatic carbocycles. The first-order valence-corrected chi connectivity index (χ1v) is 18.9. The second-order valence-corrected chi connectivity index (χ2v) is 14.3. The lowest BCUT2D eigenvalue weighted by Gasteiger charge is -2.09. The molecule has 12 rings (SSSR count).